The smallest absolute Gasteiger partial charge is 0.242 e. The van der Waals surface area contributed by atoms with Crippen LogP contribution >= 0.6 is 0 Å². The first-order valence-electron chi connectivity index (χ1n) is 7.50. The van der Waals surface area contributed by atoms with Gasteiger partial charge in [-0.3, -0.25) is 0 Å². The molecule has 0 unspecified atom stereocenters. The second-order valence-corrected chi connectivity index (χ2v) is 7.59. The van der Waals surface area contributed by atoms with Gasteiger partial charge in [0.05, 0.1) is 5.69 Å². The molecular weight excluding hydrogens is 272 g/mol. The summed E-state index contributed by atoms with van der Waals surface area (Å²) in [6, 6.07) is 7.32. The van der Waals surface area contributed by atoms with Crippen molar-refractivity contribution in [1.29, 1.82) is 0 Å². The summed E-state index contributed by atoms with van der Waals surface area (Å²) in [5.74, 6) is 0.829. The molecule has 0 amide bonds. The maximum atomic E-state index is 12.3. The molecule has 110 valence electrons. The Morgan fingerprint density at radius 1 is 1.10 bits per heavy atom. The quantitative estimate of drug-likeness (QED) is 0.813. The highest BCUT2D eigenvalue weighted by molar-refractivity contribution is 7.89. The molecule has 3 rings (SSSR count). The molecule has 1 aromatic rings. The van der Waals surface area contributed by atoms with Crippen LogP contribution in [0.3, 0.4) is 0 Å². The van der Waals surface area contributed by atoms with Crippen LogP contribution in [0.4, 0.5) is 5.69 Å². The van der Waals surface area contributed by atoms with E-state index in [1.54, 1.807) is 12.1 Å². The standard InChI is InChI=1S/C15H22N2O2S/c18-20(19,17-13-8-9-13)15-7-2-1-6-14(15)16-11-10-12-4-3-5-12/h1-2,6-7,12-13,16-17H,3-5,8-11H2. The van der Waals surface area contributed by atoms with E-state index in [0.29, 0.717) is 4.90 Å². The molecule has 0 heterocycles. The summed E-state index contributed by atoms with van der Waals surface area (Å²) in [5.41, 5.74) is 0.722. The predicted octanol–water partition coefficient (Wildman–Crippen LogP) is 2.73. The molecule has 2 aliphatic carbocycles. The third-order valence-corrected chi connectivity index (χ3v) is 5.75. The average Bonchev–Trinajstić information content (AvgIpc) is 3.16. The molecule has 5 heteroatoms. The monoisotopic (exact) mass is 294 g/mol. The second kappa shape index (κ2) is 5.74. The van der Waals surface area contributed by atoms with Crippen LogP contribution in [-0.2, 0) is 10.0 Å². The summed E-state index contributed by atoms with van der Waals surface area (Å²) in [6.45, 7) is 0.848. The van der Waals surface area contributed by atoms with Gasteiger partial charge in [-0.1, -0.05) is 31.4 Å². The lowest BCUT2D eigenvalue weighted by Gasteiger charge is -2.25. The SMILES string of the molecule is O=S(=O)(NC1CC1)c1ccccc1NCCC1CCC1. The highest BCUT2D eigenvalue weighted by atomic mass is 32.2. The van der Waals surface area contributed by atoms with Crippen molar-refractivity contribution in [2.45, 2.75) is 49.5 Å². The van der Waals surface area contributed by atoms with Gasteiger partial charge in [0.15, 0.2) is 0 Å². The summed E-state index contributed by atoms with van der Waals surface area (Å²) in [7, 11) is -3.38. The Bertz CT molecular complexity index is 563. The van der Waals surface area contributed by atoms with Crippen molar-refractivity contribution < 1.29 is 8.42 Å². The predicted molar refractivity (Wildman–Crippen MR) is 80.2 cm³/mol. The Morgan fingerprint density at radius 2 is 1.85 bits per heavy atom. The van der Waals surface area contributed by atoms with E-state index in [0.717, 1.165) is 37.4 Å². The Morgan fingerprint density at radius 3 is 2.50 bits per heavy atom. The van der Waals surface area contributed by atoms with Crippen molar-refractivity contribution in [2.24, 2.45) is 5.92 Å². The van der Waals surface area contributed by atoms with E-state index in [2.05, 4.69) is 10.0 Å². The number of nitrogens with one attached hydrogen (secondary N) is 2. The first kappa shape index (κ1) is 13.9. The largest absolute Gasteiger partial charge is 0.384 e. The Hall–Kier alpha value is -1.07. The minimum atomic E-state index is -3.38. The lowest BCUT2D eigenvalue weighted by molar-refractivity contribution is 0.303. The molecule has 0 bridgehead atoms. The molecule has 0 aromatic heterocycles. The van der Waals surface area contributed by atoms with E-state index < -0.39 is 10.0 Å². The number of hydrogen-bond donors (Lipinski definition) is 2. The van der Waals surface area contributed by atoms with Gasteiger partial charge in [-0.15, -0.1) is 0 Å². The fourth-order valence-corrected chi connectivity index (χ4v) is 4.01. The van der Waals surface area contributed by atoms with Crippen LogP contribution in [0.25, 0.3) is 0 Å². The van der Waals surface area contributed by atoms with Gasteiger partial charge in [0, 0.05) is 12.6 Å². The zero-order chi connectivity index (χ0) is 14.0. The average molecular weight is 294 g/mol. The minimum Gasteiger partial charge on any atom is -0.384 e. The van der Waals surface area contributed by atoms with Crippen molar-refractivity contribution in [2.75, 3.05) is 11.9 Å². The van der Waals surface area contributed by atoms with Gasteiger partial charge in [-0.05, 0) is 37.3 Å². The van der Waals surface area contributed by atoms with Gasteiger partial charge in [0.1, 0.15) is 4.90 Å². The van der Waals surface area contributed by atoms with Crippen LogP contribution in [-0.4, -0.2) is 21.0 Å². The third-order valence-electron chi connectivity index (χ3n) is 4.17. The summed E-state index contributed by atoms with van der Waals surface area (Å²) in [4.78, 5) is 0.375. The van der Waals surface area contributed by atoms with Crippen molar-refractivity contribution in [3.05, 3.63) is 24.3 Å². The Kier molecular flexibility index (Phi) is 3.98. The van der Waals surface area contributed by atoms with Crippen molar-refractivity contribution in [3.8, 4) is 0 Å². The first-order chi connectivity index (χ1) is 9.65. The fraction of sp³-hybridized carbons (Fsp3) is 0.600. The van der Waals surface area contributed by atoms with E-state index in [1.807, 2.05) is 12.1 Å². The fourth-order valence-electron chi connectivity index (χ4n) is 2.52. The van der Waals surface area contributed by atoms with Crippen LogP contribution in [0, 0.1) is 5.92 Å². The van der Waals surface area contributed by atoms with Crippen LogP contribution < -0.4 is 10.0 Å². The highest BCUT2D eigenvalue weighted by Gasteiger charge is 2.29. The van der Waals surface area contributed by atoms with Gasteiger partial charge >= 0.3 is 0 Å². The van der Waals surface area contributed by atoms with Crippen LogP contribution in [0.1, 0.15) is 38.5 Å². The van der Waals surface area contributed by atoms with E-state index in [-0.39, 0.29) is 6.04 Å². The molecule has 1 aromatic carbocycles. The molecule has 2 saturated carbocycles. The van der Waals surface area contributed by atoms with Gasteiger partial charge < -0.3 is 5.32 Å². The number of anilines is 1. The molecule has 0 spiro atoms. The molecule has 0 radical (unpaired) electrons. The summed E-state index contributed by atoms with van der Waals surface area (Å²) in [5, 5.41) is 3.29. The number of hydrogen-bond acceptors (Lipinski definition) is 3. The molecule has 0 saturated heterocycles. The lowest BCUT2D eigenvalue weighted by atomic mass is 9.83. The molecule has 2 fully saturated rings. The third kappa shape index (κ3) is 3.33. The second-order valence-electron chi connectivity index (χ2n) is 5.90. The Balaban J connectivity index is 1.66. The van der Waals surface area contributed by atoms with Crippen molar-refractivity contribution >= 4 is 15.7 Å². The first-order valence-corrected chi connectivity index (χ1v) is 8.99. The van der Waals surface area contributed by atoms with E-state index in [1.165, 1.54) is 19.3 Å². The van der Waals surface area contributed by atoms with Crippen molar-refractivity contribution in [1.82, 2.24) is 4.72 Å². The molecule has 4 nitrogen and oxygen atoms in total. The highest BCUT2D eigenvalue weighted by Crippen LogP contribution is 2.30. The van der Waals surface area contributed by atoms with Gasteiger partial charge in [-0.2, -0.15) is 0 Å². The van der Waals surface area contributed by atoms with Crippen molar-refractivity contribution in [3.63, 3.8) is 0 Å². The van der Waals surface area contributed by atoms with Gasteiger partial charge in [-0.25, -0.2) is 13.1 Å². The van der Waals surface area contributed by atoms with E-state index in [4.69, 9.17) is 0 Å². The zero-order valence-corrected chi connectivity index (χ0v) is 12.5. The number of benzene rings is 1. The number of rotatable bonds is 7. The Labute approximate surface area is 121 Å². The van der Waals surface area contributed by atoms with Crippen LogP contribution in [0.5, 0.6) is 0 Å². The summed E-state index contributed by atoms with van der Waals surface area (Å²) >= 11 is 0. The molecule has 0 atom stereocenters. The molecule has 2 N–H and O–H groups in total. The topological polar surface area (TPSA) is 58.2 Å². The van der Waals surface area contributed by atoms with E-state index in [9.17, 15) is 8.42 Å². The maximum Gasteiger partial charge on any atom is 0.242 e. The summed E-state index contributed by atoms with van der Waals surface area (Å²) in [6.07, 6.45) is 7.04. The molecular formula is C15H22N2O2S. The van der Waals surface area contributed by atoms with Crippen LogP contribution in [0.15, 0.2) is 29.2 Å². The normalized spacial score (nSPS) is 19.6. The molecule has 2 aliphatic rings. The van der Waals surface area contributed by atoms with Gasteiger partial charge in [0.2, 0.25) is 10.0 Å². The number of para-hydroxylation sites is 1. The summed E-state index contributed by atoms with van der Waals surface area (Å²) < 4.78 is 27.4. The van der Waals surface area contributed by atoms with E-state index >= 15 is 0 Å². The van der Waals surface area contributed by atoms with Gasteiger partial charge in [0.25, 0.3) is 0 Å². The maximum absolute atomic E-state index is 12.3. The molecule has 20 heavy (non-hydrogen) atoms. The minimum absolute atomic E-state index is 0.142. The van der Waals surface area contributed by atoms with Crippen LogP contribution in [0.2, 0.25) is 0 Å². The zero-order valence-electron chi connectivity index (χ0n) is 11.6. The number of sulfonamides is 1. The lowest BCUT2D eigenvalue weighted by Crippen LogP contribution is -2.26. The molecule has 0 aliphatic heterocycles.